The van der Waals surface area contributed by atoms with Gasteiger partial charge in [0, 0.05) is 17.8 Å². The fourth-order valence-corrected chi connectivity index (χ4v) is 2.20. The zero-order chi connectivity index (χ0) is 14.7. The third-order valence-electron chi connectivity index (χ3n) is 3.32. The molecular weight excluding hydrogens is 252 g/mol. The van der Waals surface area contributed by atoms with Crippen molar-refractivity contribution in [2.45, 2.75) is 47.1 Å². The topological polar surface area (TPSA) is 60.7 Å². The molecule has 0 amide bonds. The summed E-state index contributed by atoms with van der Waals surface area (Å²) in [5.41, 5.74) is 4.08. The molecule has 0 spiro atoms. The Kier molecular flexibility index (Phi) is 4.27. The lowest BCUT2D eigenvalue weighted by Gasteiger charge is -2.06. The Hall–Kier alpha value is -2.04. The number of carbonyl (C=O) groups is 1. The van der Waals surface area contributed by atoms with Gasteiger partial charge in [-0.3, -0.25) is 9.48 Å². The molecule has 0 radical (unpaired) electrons. The van der Waals surface area contributed by atoms with Gasteiger partial charge in [-0.15, -0.1) is 0 Å². The molecule has 20 heavy (non-hydrogen) atoms. The molecule has 0 saturated carbocycles. The van der Waals surface area contributed by atoms with Crippen molar-refractivity contribution in [3.05, 3.63) is 40.5 Å². The van der Waals surface area contributed by atoms with Crippen LogP contribution in [0.25, 0.3) is 0 Å². The van der Waals surface area contributed by atoms with Gasteiger partial charge in [-0.05, 0) is 39.3 Å². The van der Waals surface area contributed by atoms with Crippen LogP contribution < -0.4 is 0 Å². The van der Waals surface area contributed by atoms with E-state index < -0.39 is 0 Å². The van der Waals surface area contributed by atoms with Crippen LogP contribution in [0.15, 0.2) is 12.1 Å². The fraction of sp³-hybridized carbons (Fsp3) is 0.467. The molecule has 2 rings (SSSR count). The van der Waals surface area contributed by atoms with E-state index in [-0.39, 0.29) is 5.78 Å². The van der Waals surface area contributed by atoms with Gasteiger partial charge in [0.15, 0.2) is 5.78 Å². The summed E-state index contributed by atoms with van der Waals surface area (Å²) in [6.07, 6.45) is 1.23. The molecule has 106 valence electrons. The van der Waals surface area contributed by atoms with Gasteiger partial charge < -0.3 is 0 Å². The highest BCUT2D eigenvalue weighted by molar-refractivity contribution is 5.98. The van der Waals surface area contributed by atoms with Gasteiger partial charge in [-0.2, -0.15) is 15.3 Å². The summed E-state index contributed by atoms with van der Waals surface area (Å²) < 4.78 is 1.90. The van der Waals surface area contributed by atoms with Gasteiger partial charge in [-0.1, -0.05) is 6.92 Å². The van der Waals surface area contributed by atoms with E-state index in [1.807, 2.05) is 31.5 Å². The minimum absolute atomic E-state index is 0.0674. The van der Waals surface area contributed by atoms with Crippen LogP contribution in [0, 0.1) is 13.8 Å². The lowest BCUT2D eigenvalue weighted by atomic mass is 10.0. The van der Waals surface area contributed by atoms with Gasteiger partial charge in [-0.25, -0.2) is 0 Å². The summed E-state index contributed by atoms with van der Waals surface area (Å²) in [5.74, 6) is 0.0674. The maximum Gasteiger partial charge on any atom is 0.170 e. The minimum atomic E-state index is 0.0674. The Morgan fingerprint density at radius 2 is 1.95 bits per heavy atom. The molecule has 0 aliphatic carbocycles. The molecule has 0 unspecified atom stereocenters. The predicted octanol–water partition coefficient (Wildman–Crippen LogP) is 2.30. The van der Waals surface area contributed by atoms with Crippen molar-refractivity contribution < 1.29 is 4.79 Å². The quantitative estimate of drug-likeness (QED) is 0.784. The Balaban J connectivity index is 2.27. The van der Waals surface area contributed by atoms with Crippen molar-refractivity contribution in [2.75, 3.05) is 0 Å². The highest BCUT2D eigenvalue weighted by atomic mass is 16.1. The van der Waals surface area contributed by atoms with E-state index in [0.29, 0.717) is 17.7 Å². The van der Waals surface area contributed by atoms with E-state index in [2.05, 4.69) is 22.2 Å². The predicted molar refractivity (Wildman–Crippen MR) is 76.8 cm³/mol. The highest BCUT2D eigenvalue weighted by Crippen LogP contribution is 2.13. The average Bonchev–Trinajstić information content (AvgIpc) is 2.83. The summed E-state index contributed by atoms with van der Waals surface area (Å²) in [4.78, 5) is 12.4. The van der Waals surface area contributed by atoms with Gasteiger partial charge >= 0.3 is 0 Å². The smallest absolute Gasteiger partial charge is 0.170 e. The first-order valence-corrected chi connectivity index (χ1v) is 6.94. The Bertz CT molecular complexity index is 631. The molecule has 0 aromatic carbocycles. The molecule has 0 aliphatic heterocycles. The van der Waals surface area contributed by atoms with Gasteiger partial charge in [0.2, 0.25) is 0 Å². The zero-order valence-electron chi connectivity index (χ0n) is 12.5. The molecule has 0 bridgehead atoms. The summed E-state index contributed by atoms with van der Waals surface area (Å²) in [6, 6.07) is 3.82. The van der Waals surface area contributed by atoms with Crippen LogP contribution >= 0.6 is 0 Å². The lowest BCUT2D eigenvalue weighted by molar-refractivity contribution is 0.0989. The molecule has 2 heterocycles. The van der Waals surface area contributed by atoms with Crippen LogP contribution in [0.5, 0.6) is 0 Å². The third-order valence-corrected chi connectivity index (χ3v) is 3.32. The van der Waals surface area contributed by atoms with Crippen molar-refractivity contribution in [1.82, 2.24) is 20.0 Å². The lowest BCUT2D eigenvalue weighted by Crippen LogP contribution is -2.12. The highest BCUT2D eigenvalue weighted by Gasteiger charge is 2.15. The third kappa shape index (κ3) is 2.92. The number of hydrogen-bond donors (Lipinski definition) is 0. The number of aromatic nitrogens is 4. The summed E-state index contributed by atoms with van der Waals surface area (Å²) in [7, 11) is 0. The van der Waals surface area contributed by atoms with E-state index in [0.717, 1.165) is 30.0 Å². The van der Waals surface area contributed by atoms with E-state index in [4.69, 9.17) is 0 Å². The minimum Gasteiger partial charge on any atom is -0.294 e. The average molecular weight is 272 g/mol. The molecule has 2 aromatic heterocycles. The van der Waals surface area contributed by atoms with E-state index in [1.54, 1.807) is 6.07 Å². The monoisotopic (exact) mass is 272 g/mol. The Labute approximate surface area is 119 Å². The molecule has 0 atom stereocenters. The number of hydrogen-bond acceptors (Lipinski definition) is 4. The van der Waals surface area contributed by atoms with Crippen LogP contribution in [-0.4, -0.2) is 25.8 Å². The zero-order valence-corrected chi connectivity index (χ0v) is 12.5. The van der Waals surface area contributed by atoms with E-state index in [1.165, 1.54) is 0 Å². The maximum absolute atomic E-state index is 12.4. The molecule has 0 fully saturated rings. The van der Waals surface area contributed by atoms with Gasteiger partial charge in [0.25, 0.3) is 0 Å². The fourth-order valence-electron chi connectivity index (χ4n) is 2.20. The number of rotatable bonds is 5. The van der Waals surface area contributed by atoms with Crippen molar-refractivity contribution in [2.24, 2.45) is 0 Å². The number of aryl methyl sites for hydroxylation is 4. The largest absolute Gasteiger partial charge is 0.294 e. The van der Waals surface area contributed by atoms with Crippen LogP contribution in [0.2, 0.25) is 0 Å². The van der Waals surface area contributed by atoms with E-state index >= 15 is 0 Å². The summed E-state index contributed by atoms with van der Waals surface area (Å²) in [5, 5.41) is 12.4. The molecule has 0 aliphatic rings. The first-order chi connectivity index (χ1) is 9.55. The van der Waals surface area contributed by atoms with Crippen molar-refractivity contribution in [1.29, 1.82) is 0 Å². The molecular formula is C15H20N4O. The number of Topliss-reactive ketones (excluding diaryl/α,β-unsaturated/α-hetero) is 1. The van der Waals surface area contributed by atoms with Gasteiger partial charge in [0.1, 0.15) is 0 Å². The Morgan fingerprint density at radius 1 is 1.20 bits per heavy atom. The number of nitrogens with zero attached hydrogens (tertiary/aromatic N) is 4. The van der Waals surface area contributed by atoms with Crippen molar-refractivity contribution in [3.63, 3.8) is 0 Å². The normalized spacial score (nSPS) is 10.8. The van der Waals surface area contributed by atoms with Gasteiger partial charge in [0.05, 0.1) is 23.5 Å². The number of ketones is 1. The van der Waals surface area contributed by atoms with E-state index in [9.17, 15) is 4.79 Å². The second-order valence-corrected chi connectivity index (χ2v) is 4.88. The summed E-state index contributed by atoms with van der Waals surface area (Å²) in [6.45, 7) is 8.52. The molecule has 2 aromatic rings. The second kappa shape index (κ2) is 5.94. The molecule has 5 nitrogen and oxygen atoms in total. The molecule has 0 N–H and O–H groups in total. The van der Waals surface area contributed by atoms with Crippen LogP contribution in [0.4, 0.5) is 0 Å². The molecule has 0 saturated heterocycles. The van der Waals surface area contributed by atoms with Crippen molar-refractivity contribution in [3.8, 4) is 0 Å². The number of carbonyl (C=O) groups excluding carboxylic acids is 1. The first-order valence-electron chi connectivity index (χ1n) is 6.94. The second-order valence-electron chi connectivity index (χ2n) is 4.88. The SMILES string of the molecule is CCc1cc(CC(=O)c2cc(C)nnc2C)n(CC)n1. The van der Waals surface area contributed by atoms with Crippen molar-refractivity contribution >= 4 is 5.78 Å². The summed E-state index contributed by atoms with van der Waals surface area (Å²) >= 11 is 0. The molecule has 5 heteroatoms. The van der Waals surface area contributed by atoms with Crippen LogP contribution in [0.3, 0.4) is 0 Å². The standard InChI is InChI=1S/C15H20N4O/c1-5-12-8-13(19(6-2)18-12)9-15(20)14-7-10(3)16-17-11(14)4/h7-8H,5-6,9H2,1-4H3. The van der Waals surface area contributed by atoms with Crippen LogP contribution in [-0.2, 0) is 19.4 Å². The first kappa shape index (κ1) is 14.4. The maximum atomic E-state index is 12.4. The van der Waals surface area contributed by atoms with Crippen LogP contribution in [0.1, 0.15) is 47.0 Å². The Morgan fingerprint density at radius 3 is 2.60 bits per heavy atom.